The number of likely N-dealkylation sites (tertiary alicyclic amines) is 1. The molecule has 21 heavy (non-hydrogen) atoms. The van der Waals surface area contributed by atoms with Gasteiger partial charge in [0.15, 0.2) is 0 Å². The van der Waals surface area contributed by atoms with Gasteiger partial charge in [-0.15, -0.1) is 0 Å². The third kappa shape index (κ3) is 3.05. The van der Waals surface area contributed by atoms with Crippen LogP contribution in [0.15, 0.2) is 36.5 Å². The number of methoxy groups -OCH3 is 1. The van der Waals surface area contributed by atoms with Crippen molar-refractivity contribution >= 4 is 16.9 Å². The van der Waals surface area contributed by atoms with E-state index < -0.39 is 0 Å². The van der Waals surface area contributed by atoms with Gasteiger partial charge in [0.1, 0.15) is 0 Å². The maximum absolute atomic E-state index is 11.6. The zero-order valence-corrected chi connectivity index (χ0v) is 12.3. The van der Waals surface area contributed by atoms with Gasteiger partial charge >= 0.3 is 5.97 Å². The van der Waals surface area contributed by atoms with Gasteiger partial charge in [-0.1, -0.05) is 18.2 Å². The number of ether oxygens (including phenoxy) is 1. The lowest BCUT2D eigenvalue weighted by Crippen LogP contribution is -2.36. The maximum Gasteiger partial charge on any atom is 0.308 e. The third-order valence-corrected chi connectivity index (χ3v) is 4.26. The van der Waals surface area contributed by atoms with Crippen molar-refractivity contribution in [3.63, 3.8) is 0 Å². The summed E-state index contributed by atoms with van der Waals surface area (Å²) in [5.74, 6) is 0.00412. The Hall–Kier alpha value is -1.94. The van der Waals surface area contributed by atoms with Gasteiger partial charge in [0.2, 0.25) is 0 Å². The molecule has 0 amide bonds. The van der Waals surface area contributed by atoms with E-state index in [4.69, 9.17) is 4.74 Å². The molecule has 1 aliphatic rings. The number of hydrogen-bond donors (Lipinski definition) is 0. The number of hydrogen-bond acceptors (Lipinski definition) is 4. The average molecular weight is 284 g/mol. The molecule has 1 aromatic carbocycles. The van der Waals surface area contributed by atoms with E-state index >= 15 is 0 Å². The molecule has 0 spiro atoms. The molecule has 3 rings (SSSR count). The lowest BCUT2D eigenvalue weighted by atomic mass is 9.96. The molecular formula is C17H20N2O2. The Labute approximate surface area is 124 Å². The van der Waals surface area contributed by atoms with Crippen LogP contribution in [-0.4, -0.2) is 36.1 Å². The largest absolute Gasteiger partial charge is 0.469 e. The first-order valence-corrected chi connectivity index (χ1v) is 7.41. The van der Waals surface area contributed by atoms with Crippen molar-refractivity contribution in [1.82, 2.24) is 9.88 Å². The summed E-state index contributed by atoms with van der Waals surface area (Å²) in [7, 11) is 1.47. The number of benzene rings is 1. The summed E-state index contributed by atoms with van der Waals surface area (Å²) < 4.78 is 4.84. The van der Waals surface area contributed by atoms with E-state index in [1.807, 2.05) is 18.3 Å². The van der Waals surface area contributed by atoms with Gasteiger partial charge in [-0.25, -0.2) is 0 Å². The molecule has 0 bridgehead atoms. The second-order valence-electron chi connectivity index (χ2n) is 5.56. The zero-order valence-electron chi connectivity index (χ0n) is 12.3. The minimum absolute atomic E-state index is 0.0657. The molecule has 4 heteroatoms. The van der Waals surface area contributed by atoms with Crippen LogP contribution in [0.2, 0.25) is 0 Å². The molecule has 1 aromatic heterocycles. The molecule has 0 N–H and O–H groups in total. The zero-order chi connectivity index (χ0) is 14.7. The fourth-order valence-corrected chi connectivity index (χ4v) is 3.03. The normalized spacial score (nSPS) is 17.0. The second kappa shape index (κ2) is 6.22. The van der Waals surface area contributed by atoms with Crippen molar-refractivity contribution in [1.29, 1.82) is 0 Å². The van der Waals surface area contributed by atoms with Crippen molar-refractivity contribution in [2.24, 2.45) is 5.92 Å². The van der Waals surface area contributed by atoms with Crippen LogP contribution in [0.1, 0.15) is 18.4 Å². The number of rotatable bonds is 3. The molecule has 1 saturated heterocycles. The standard InChI is InChI=1S/C17H20N2O2/c1-21-17(20)13-7-10-19(11-8-13)12-14-6-9-18-16-5-3-2-4-15(14)16/h2-6,9,13H,7-8,10-12H2,1H3. The fraction of sp³-hybridized carbons (Fsp3) is 0.412. The highest BCUT2D eigenvalue weighted by molar-refractivity contribution is 5.81. The highest BCUT2D eigenvalue weighted by Gasteiger charge is 2.25. The van der Waals surface area contributed by atoms with E-state index in [0.717, 1.165) is 38.0 Å². The van der Waals surface area contributed by atoms with Crippen molar-refractivity contribution in [2.45, 2.75) is 19.4 Å². The molecule has 110 valence electrons. The number of nitrogens with zero attached hydrogens (tertiary/aromatic N) is 2. The predicted octanol–water partition coefficient (Wildman–Crippen LogP) is 2.62. The number of carbonyl (C=O) groups excluding carboxylic acids is 1. The van der Waals surface area contributed by atoms with Crippen LogP contribution < -0.4 is 0 Å². The third-order valence-electron chi connectivity index (χ3n) is 4.26. The Morgan fingerprint density at radius 3 is 2.81 bits per heavy atom. The van der Waals surface area contributed by atoms with E-state index in [0.29, 0.717) is 0 Å². The fourth-order valence-electron chi connectivity index (χ4n) is 3.03. The van der Waals surface area contributed by atoms with Crippen molar-refractivity contribution in [3.8, 4) is 0 Å². The van der Waals surface area contributed by atoms with E-state index in [9.17, 15) is 4.79 Å². The van der Waals surface area contributed by atoms with Gasteiger partial charge in [-0.2, -0.15) is 0 Å². The molecular weight excluding hydrogens is 264 g/mol. The Bertz CT molecular complexity index is 628. The van der Waals surface area contributed by atoms with Crippen LogP contribution in [0.5, 0.6) is 0 Å². The number of para-hydroxylation sites is 1. The summed E-state index contributed by atoms with van der Waals surface area (Å²) in [4.78, 5) is 18.4. The van der Waals surface area contributed by atoms with Crippen molar-refractivity contribution in [3.05, 3.63) is 42.1 Å². The number of esters is 1. The van der Waals surface area contributed by atoms with E-state index in [-0.39, 0.29) is 11.9 Å². The second-order valence-corrected chi connectivity index (χ2v) is 5.56. The van der Waals surface area contributed by atoms with Crippen molar-refractivity contribution < 1.29 is 9.53 Å². The summed E-state index contributed by atoms with van der Waals surface area (Å²) in [6, 6.07) is 10.3. The molecule has 0 aliphatic carbocycles. The smallest absolute Gasteiger partial charge is 0.308 e. The minimum atomic E-state index is -0.0657. The minimum Gasteiger partial charge on any atom is -0.469 e. The number of piperidine rings is 1. The van der Waals surface area contributed by atoms with E-state index in [2.05, 4.69) is 28.1 Å². The Morgan fingerprint density at radius 2 is 2.05 bits per heavy atom. The Balaban J connectivity index is 1.69. The molecule has 4 nitrogen and oxygen atoms in total. The highest BCUT2D eigenvalue weighted by atomic mass is 16.5. The molecule has 0 unspecified atom stereocenters. The Morgan fingerprint density at radius 1 is 1.29 bits per heavy atom. The predicted molar refractivity (Wildman–Crippen MR) is 81.8 cm³/mol. The topological polar surface area (TPSA) is 42.4 Å². The first-order chi connectivity index (χ1) is 10.3. The summed E-state index contributed by atoms with van der Waals surface area (Å²) in [5.41, 5.74) is 2.34. The van der Waals surface area contributed by atoms with Gasteiger partial charge in [-0.3, -0.25) is 14.7 Å². The monoisotopic (exact) mass is 284 g/mol. The number of aromatic nitrogens is 1. The molecule has 0 atom stereocenters. The lowest BCUT2D eigenvalue weighted by molar-refractivity contribution is -0.147. The van der Waals surface area contributed by atoms with Crippen molar-refractivity contribution in [2.75, 3.05) is 20.2 Å². The highest BCUT2D eigenvalue weighted by Crippen LogP contribution is 2.22. The van der Waals surface area contributed by atoms with Gasteiger partial charge < -0.3 is 4.74 Å². The molecule has 2 aromatic rings. The van der Waals surface area contributed by atoms with Crippen LogP contribution in [0.3, 0.4) is 0 Å². The number of pyridine rings is 1. The van der Waals surface area contributed by atoms with Crippen LogP contribution in [-0.2, 0) is 16.1 Å². The molecule has 1 aliphatic heterocycles. The summed E-state index contributed by atoms with van der Waals surface area (Å²) in [6.45, 7) is 2.80. The SMILES string of the molecule is COC(=O)C1CCN(Cc2ccnc3ccccc23)CC1. The molecule has 0 radical (unpaired) electrons. The Kier molecular flexibility index (Phi) is 4.15. The number of carbonyl (C=O) groups is 1. The summed E-state index contributed by atoms with van der Waals surface area (Å²) >= 11 is 0. The molecule has 2 heterocycles. The van der Waals surface area contributed by atoms with E-state index in [1.54, 1.807) is 0 Å². The van der Waals surface area contributed by atoms with Gasteiger partial charge in [0.25, 0.3) is 0 Å². The van der Waals surface area contributed by atoms with Crippen LogP contribution in [0.4, 0.5) is 0 Å². The summed E-state index contributed by atoms with van der Waals surface area (Å²) in [5, 5.41) is 1.22. The lowest BCUT2D eigenvalue weighted by Gasteiger charge is -2.30. The van der Waals surface area contributed by atoms with Crippen LogP contribution in [0.25, 0.3) is 10.9 Å². The first-order valence-electron chi connectivity index (χ1n) is 7.41. The van der Waals surface area contributed by atoms with Gasteiger partial charge in [0.05, 0.1) is 18.5 Å². The van der Waals surface area contributed by atoms with E-state index in [1.165, 1.54) is 18.1 Å². The first kappa shape index (κ1) is 14.0. The average Bonchev–Trinajstić information content (AvgIpc) is 2.55. The molecule has 0 saturated carbocycles. The van der Waals surface area contributed by atoms with Gasteiger partial charge in [-0.05, 0) is 43.6 Å². The maximum atomic E-state index is 11.6. The van der Waals surface area contributed by atoms with Gasteiger partial charge in [0, 0.05) is 18.1 Å². The van der Waals surface area contributed by atoms with Crippen LogP contribution in [0, 0.1) is 5.92 Å². The quantitative estimate of drug-likeness (QED) is 0.813. The number of fused-ring (bicyclic) bond motifs is 1. The molecule has 1 fully saturated rings. The summed E-state index contributed by atoms with van der Waals surface area (Å²) in [6.07, 6.45) is 3.64. The van der Waals surface area contributed by atoms with Crippen LogP contribution >= 0.6 is 0 Å².